The molecule has 1 aliphatic heterocycles. The van der Waals surface area contributed by atoms with Crippen molar-refractivity contribution in [3.8, 4) is 0 Å². The highest BCUT2D eigenvalue weighted by Crippen LogP contribution is 2.19. The number of aromatic nitrogens is 1. The molecule has 1 aromatic heterocycles. The highest BCUT2D eigenvalue weighted by atomic mass is 16.5. The van der Waals surface area contributed by atoms with Crippen LogP contribution in [-0.4, -0.2) is 72.6 Å². The Morgan fingerprint density at radius 2 is 1.76 bits per heavy atom. The van der Waals surface area contributed by atoms with E-state index in [1.807, 2.05) is 43.0 Å². The van der Waals surface area contributed by atoms with E-state index in [4.69, 9.17) is 4.52 Å². The van der Waals surface area contributed by atoms with Gasteiger partial charge < -0.3 is 14.7 Å². The molecule has 0 saturated carbocycles. The van der Waals surface area contributed by atoms with E-state index in [1.54, 1.807) is 13.0 Å². The van der Waals surface area contributed by atoms with E-state index >= 15 is 0 Å². The maximum absolute atomic E-state index is 12.9. The third kappa shape index (κ3) is 5.65. The Morgan fingerprint density at radius 1 is 1.10 bits per heavy atom. The Hall–Kier alpha value is -2.71. The minimum absolute atomic E-state index is 0.106. The van der Waals surface area contributed by atoms with Crippen molar-refractivity contribution in [1.82, 2.24) is 15.0 Å². The molecule has 2 amide bonds. The zero-order valence-electron chi connectivity index (χ0n) is 17.4. The van der Waals surface area contributed by atoms with Gasteiger partial charge in [0.25, 0.3) is 0 Å². The second kappa shape index (κ2) is 9.67. The van der Waals surface area contributed by atoms with Gasteiger partial charge in [-0.2, -0.15) is 0 Å². The van der Waals surface area contributed by atoms with Crippen LogP contribution in [0, 0.1) is 13.8 Å². The lowest BCUT2D eigenvalue weighted by molar-refractivity contribution is -0.121. The molecule has 1 N–H and O–H groups in total. The molecule has 0 radical (unpaired) electrons. The lowest BCUT2D eigenvalue weighted by Gasteiger charge is -2.35. The Kier molecular flexibility index (Phi) is 7.00. The van der Waals surface area contributed by atoms with Crippen LogP contribution in [0.15, 0.2) is 34.9 Å². The predicted octanol–water partition coefficient (Wildman–Crippen LogP) is 1.90. The predicted molar refractivity (Wildman–Crippen MR) is 112 cm³/mol. The third-order valence-electron chi connectivity index (χ3n) is 5.11. The summed E-state index contributed by atoms with van der Waals surface area (Å²) in [5, 5.41) is 6.51. The van der Waals surface area contributed by atoms with Crippen molar-refractivity contribution in [3.63, 3.8) is 0 Å². The molecule has 1 fully saturated rings. The molecule has 3 rings (SSSR count). The van der Waals surface area contributed by atoms with Gasteiger partial charge in [0.2, 0.25) is 11.8 Å². The summed E-state index contributed by atoms with van der Waals surface area (Å²) in [5.41, 5.74) is 2.07. The van der Waals surface area contributed by atoms with Crippen LogP contribution < -0.4 is 10.2 Å². The Bertz CT molecular complexity index is 842. The van der Waals surface area contributed by atoms with Gasteiger partial charge in [0, 0.05) is 44.5 Å². The van der Waals surface area contributed by atoms with Crippen molar-refractivity contribution in [2.75, 3.05) is 56.0 Å². The molecule has 0 aliphatic carbocycles. The largest absolute Gasteiger partial charge is 0.360 e. The van der Waals surface area contributed by atoms with Crippen LogP contribution in [0.1, 0.15) is 18.2 Å². The highest BCUT2D eigenvalue weighted by molar-refractivity contribution is 5.95. The monoisotopic (exact) mass is 399 g/mol. The lowest BCUT2D eigenvalue weighted by Crippen LogP contribution is -2.51. The first-order chi connectivity index (χ1) is 14.0. The van der Waals surface area contributed by atoms with Crippen molar-refractivity contribution < 1.29 is 14.1 Å². The average molecular weight is 399 g/mol. The number of carbonyl (C=O) groups is 2. The van der Waals surface area contributed by atoms with Crippen molar-refractivity contribution in [2.45, 2.75) is 20.8 Å². The summed E-state index contributed by atoms with van der Waals surface area (Å²) in [6.07, 6.45) is 0. The first kappa shape index (κ1) is 21.0. The number of anilines is 2. The van der Waals surface area contributed by atoms with Gasteiger partial charge in [0.15, 0.2) is 5.82 Å². The maximum Gasteiger partial charge on any atom is 0.241 e. The van der Waals surface area contributed by atoms with E-state index in [9.17, 15) is 9.59 Å². The van der Waals surface area contributed by atoms with Crippen LogP contribution in [-0.2, 0) is 9.59 Å². The van der Waals surface area contributed by atoms with Crippen molar-refractivity contribution in [2.24, 2.45) is 0 Å². The minimum atomic E-state index is -0.112. The molecular formula is C21H29N5O3. The average Bonchev–Trinajstić information content (AvgIpc) is 3.10. The van der Waals surface area contributed by atoms with Crippen molar-refractivity contribution in [1.29, 1.82) is 0 Å². The van der Waals surface area contributed by atoms with Crippen LogP contribution >= 0.6 is 0 Å². The highest BCUT2D eigenvalue weighted by Gasteiger charge is 2.23. The summed E-state index contributed by atoms with van der Waals surface area (Å²) in [5.74, 6) is 1.09. The molecule has 2 heterocycles. The first-order valence-corrected chi connectivity index (χ1v) is 10.00. The van der Waals surface area contributed by atoms with Gasteiger partial charge in [0.1, 0.15) is 5.76 Å². The second-order valence-corrected chi connectivity index (χ2v) is 7.35. The number of nitrogens with one attached hydrogen (secondary N) is 1. The number of nitrogens with zero attached hydrogens (tertiary/aromatic N) is 4. The Balaban J connectivity index is 1.46. The van der Waals surface area contributed by atoms with E-state index in [1.165, 1.54) is 0 Å². The van der Waals surface area contributed by atoms with E-state index in [0.29, 0.717) is 31.2 Å². The van der Waals surface area contributed by atoms with Gasteiger partial charge in [-0.25, -0.2) is 0 Å². The zero-order valence-corrected chi connectivity index (χ0v) is 17.4. The minimum Gasteiger partial charge on any atom is -0.360 e. The lowest BCUT2D eigenvalue weighted by atomic mass is 10.1. The molecule has 1 saturated heterocycles. The summed E-state index contributed by atoms with van der Waals surface area (Å²) in [7, 11) is 0. The fourth-order valence-electron chi connectivity index (χ4n) is 3.54. The molecule has 2 aromatic rings. The quantitative estimate of drug-likeness (QED) is 0.766. The van der Waals surface area contributed by atoms with Crippen LogP contribution in [0.5, 0.6) is 0 Å². The molecule has 156 valence electrons. The number of piperazine rings is 1. The van der Waals surface area contributed by atoms with E-state index < -0.39 is 0 Å². The molecule has 8 heteroatoms. The molecule has 0 spiro atoms. The second-order valence-electron chi connectivity index (χ2n) is 7.35. The Morgan fingerprint density at radius 3 is 2.34 bits per heavy atom. The molecular weight excluding hydrogens is 370 g/mol. The van der Waals surface area contributed by atoms with Gasteiger partial charge in [-0.3, -0.25) is 19.4 Å². The molecule has 0 unspecified atom stereocenters. The summed E-state index contributed by atoms with van der Waals surface area (Å²) < 4.78 is 4.95. The molecule has 0 bridgehead atoms. The van der Waals surface area contributed by atoms with Gasteiger partial charge >= 0.3 is 0 Å². The number of likely N-dealkylation sites (N-methyl/N-ethyl adjacent to an activating group) is 1. The summed E-state index contributed by atoms with van der Waals surface area (Å²) in [6, 6.07) is 9.65. The maximum atomic E-state index is 12.9. The molecule has 29 heavy (non-hydrogen) atoms. The van der Waals surface area contributed by atoms with E-state index in [2.05, 4.69) is 20.3 Å². The van der Waals surface area contributed by atoms with Crippen LogP contribution in [0.4, 0.5) is 11.5 Å². The number of benzene rings is 1. The molecule has 1 aliphatic rings. The summed E-state index contributed by atoms with van der Waals surface area (Å²) in [6.45, 7) is 10.1. The van der Waals surface area contributed by atoms with Gasteiger partial charge in [-0.05, 0) is 32.4 Å². The van der Waals surface area contributed by atoms with E-state index in [-0.39, 0.29) is 11.8 Å². The fraction of sp³-hybridized carbons (Fsp3) is 0.476. The smallest absolute Gasteiger partial charge is 0.241 e. The SMILES string of the molecule is CCN(C(=O)CN1CCN(CC(=O)Nc2cc(C)on2)CC1)c1ccccc1C. The van der Waals surface area contributed by atoms with Gasteiger partial charge in [-0.1, -0.05) is 23.4 Å². The number of para-hydroxylation sites is 1. The molecule has 0 atom stereocenters. The van der Waals surface area contributed by atoms with Crippen LogP contribution in [0.25, 0.3) is 0 Å². The van der Waals surface area contributed by atoms with Crippen LogP contribution in [0.2, 0.25) is 0 Å². The fourth-order valence-corrected chi connectivity index (χ4v) is 3.54. The number of aryl methyl sites for hydroxylation is 2. The number of rotatable bonds is 7. The standard InChI is InChI=1S/C21H29N5O3/c1-4-26(18-8-6-5-7-16(18)2)21(28)15-25-11-9-24(10-12-25)14-20(27)22-19-13-17(3)29-23-19/h5-8,13H,4,9-12,14-15H2,1-3H3,(H,22,23,27). The van der Waals surface area contributed by atoms with Gasteiger partial charge in [-0.15, -0.1) is 0 Å². The molecule has 8 nitrogen and oxygen atoms in total. The number of hydrogen-bond acceptors (Lipinski definition) is 6. The van der Waals surface area contributed by atoms with Crippen molar-refractivity contribution in [3.05, 3.63) is 41.7 Å². The number of amides is 2. The first-order valence-electron chi connectivity index (χ1n) is 10.00. The molecule has 1 aromatic carbocycles. The third-order valence-corrected chi connectivity index (χ3v) is 5.11. The number of carbonyl (C=O) groups excluding carboxylic acids is 2. The normalized spacial score (nSPS) is 15.3. The van der Waals surface area contributed by atoms with Gasteiger partial charge in [0.05, 0.1) is 13.1 Å². The zero-order chi connectivity index (χ0) is 20.8. The van der Waals surface area contributed by atoms with Crippen LogP contribution in [0.3, 0.4) is 0 Å². The number of hydrogen-bond donors (Lipinski definition) is 1. The van der Waals surface area contributed by atoms with E-state index in [0.717, 1.165) is 37.4 Å². The topological polar surface area (TPSA) is 81.9 Å². The summed E-state index contributed by atoms with van der Waals surface area (Å²) >= 11 is 0. The summed E-state index contributed by atoms with van der Waals surface area (Å²) in [4.78, 5) is 31.1. The Labute approximate surface area is 171 Å². The van der Waals surface area contributed by atoms with Crippen molar-refractivity contribution >= 4 is 23.3 Å².